The van der Waals surface area contributed by atoms with Crippen molar-refractivity contribution in [2.75, 3.05) is 26.2 Å². The summed E-state index contributed by atoms with van der Waals surface area (Å²) in [7, 11) is 0. The van der Waals surface area contributed by atoms with E-state index in [1.165, 1.54) is 17.4 Å². The lowest BCUT2D eigenvalue weighted by Crippen LogP contribution is -2.55. The molecule has 1 atom stereocenters. The van der Waals surface area contributed by atoms with Crippen molar-refractivity contribution < 1.29 is 14.3 Å². The number of carbonyl (C=O) groups excluding carboxylic acids is 2. The van der Waals surface area contributed by atoms with Crippen LogP contribution in [0.1, 0.15) is 23.5 Å². The van der Waals surface area contributed by atoms with Crippen LogP contribution in [0.4, 0.5) is 0 Å². The first kappa shape index (κ1) is 15.6. The molecule has 0 saturated carbocycles. The topological polar surface area (TPSA) is 49.9 Å². The van der Waals surface area contributed by atoms with Crippen LogP contribution in [0, 0.1) is 0 Å². The van der Waals surface area contributed by atoms with E-state index in [1.807, 2.05) is 25.3 Å². The normalized spacial score (nSPS) is 18.5. The highest BCUT2D eigenvalue weighted by Gasteiger charge is 2.30. The largest absolute Gasteiger partial charge is 0.492 e. The van der Waals surface area contributed by atoms with Crippen LogP contribution in [0.3, 0.4) is 0 Å². The molecule has 114 valence electrons. The van der Waals surface area contributed by atoms with Crippen molar-refractivity contribution in [3.8, 4) is 5.75 Å². The standard InChI is InChI=1S/C15H20N2O3S/c1-4-13(18)17-8-7-16(10-11(17)3)15(19)14-12(20-5-2)6-9-21-14/h4,6,9,11H,1,5,7-8,10H2,2-3H3/t11-/m1/s1. The van der Waals surface area contributed by atoms with Crippen LogP contribution in [0.5, 0.6) is 5.75 Å². The Balaban J connectivity index is 2.07. The highest BCUT2D eigenvalue weighted by Crippen LogP contribution is 2.27. The molecule has 1 saturated heterocycles. The summed E-state index contributed by atoms with van der Waals surface area (Å²) in [5.74, 6) is 0.538. The smallest absolute Gasteiger partial charge is 0.267 e. The zero-order valence-electron chi connectivity index (χ0n) is 12.4. The predicted octanol–water partition coefficient (Wildman–Crippen LogP) is 2.01. The van der Waals surface area contributed by atoms with Crippen LogP contribution in [0.15, 0.2) is 24.1 Å². The van der Waals surface area contributed by atoms with Gasteiger partial charge in [-0.3, -0.25) is 9.59 Å². The molecule has 1 fully saturated rings. The Labute approximate surface area is 128 Å². The van der Waals surface area contributed by atoms with Gasteiger partial charge in [-0.2, -0.15) is 0 Å². The summed E-state index contributed by atoms with van der Waals surface area (Å²) in [5, 5.41) is 1.86. The van der Waals surface area contributed by atoms with Crippen LogP contribution in [-0.2, 0) is 4.79 Å². The molecule has 1 aliphatic heterocycles. The number of rotatable bonds is 4. The third-order valence-electron chi connectivity index (χ3n) is 3.50. The van der Waals surface area contributed by atoms with Gasteiger partial charge in [-0.25, -0.2) is 0 Å². The monoisotopic (exact) mass is 308 g/mol. The molecule has 0 spiro atoms. The van der Waals surface area contributed by atoms with E-state index in [0.29, 0.717) is 36.9 Å². The van der Waals surface area contributed by atoms with Crippen molar-refractivity contribution in [1.29, 1.82) is 0 Å². The fraction of sp³-hybridized carbons (Fsp3) is 0.467. The van der Waals surface area contributed by atoms with Gasteiger partial charge in [-0.15, -0.1) is 11.3 Å². The Morgan fingerprint density at radius 1 is 1.52 bits per heavy atom. The summed E-state index contributed by atoms with van der Waals surface area (Å²) in [6.07, 6.45) is 1.32. The molecule has 5 nitrogen and oxygen atoms in total. The number of carbonyl (C=O) groups is 2. The first-order valence-corrected chi connectivity index (χ1v) is 7.89. The molecule has 0 unspecified atom stereocenters. The second-order valence-electron chi connectivity index (χ2n) is 4.88. The summed E-state index contributed by atoms with van der Waals surface area (Å²) < 4.78 is 5.48. The zero-order chi connectivity index (χ0) is 15.4. The zero-order valence-corrected chi connectivity index (χ0v) is 13.2. The maximum absolute atomic E-state index is 12.6. The lowest BCUT2D eigenvalue weighted by Gasteiger charge is -2.39. The maximum Gasteiger partial charge on any atom is 0.267 e. The molecule has 2 amide bonds. The predicted molar refractivity (Wildman–Crippen MR) is 82.8 cm³/mol. The molecular weight excluding hydrogens is 288 g/mol. The number of hydrogen-bond donors (Lipinski definition) is 0. The Morgan fingerprint density at radius 2 is 2.29 bits per heavy atom. The summed E-state index contributed by atoms with van der Waals surface area (Å²) >= 11 is 1.39. The Morgan fingerprint density at radius 3 is 2.90 bits per heavy atom. The van der Waals surface area contributed by atoms with E-state index in [9.17, 15) is 9.59 Å². The first-order chi connectivity index (χ1) is 10.1. The van der Waals surface area contributed by atoms with E-state index < -0.39 is 0 Å². The lowest BCUT2D eigenvalue weighted by atomic mass is 10.1. The fourth-order valence-corrected chi connectivity index (χ4v) is 3.25. The average molecular weight is 308 g/mol. The summed E-state index contributed by atoms with van der Waals surface area (Å²) in [5.41, 5.74) is 0. The molecule has 1 aliphatic rings. The first-order valence-electron chi connectivity index (χ1n) is 7.01. The van der Waals surface area contributed by atoms with Crippen molar-refractivity contribution in [1.82, 2.24) is 9.80 Å². The van der Waals surface area contributed by atoms with Crippen molar-refractivity contribution >= 4 is 23.2 Å². The minimum Gasteiger partial charge on any atom is -0.492 e. The van der Waals surface area contributed by atoms with Crippen LogP contribution in [-0.4, -0.2) is 53.9 Å². The number of ether oxygens (including phenoxy) is 1. The van der Waals surface area contributed by atoms with Gasteiger partial charge in [0.15, 0.2) is 0 Å². The Bertz CT molecular complexity index is 541. The van der Waals surface area contributed by atoms with Crippen molar-refractivity contribution in [3.05, 3.63) is 29.0 Å². The Kier molecular flexibility index (Phi) is 5.01. The van der Waals surface area contributed by atoms with Crippen LogP contribution >= 0.6 is 11.3 Å². The van der Waals surface area contributed by atoms with E-state index >= 15 is 0 Å². The van der Waals surface area contributed by atoms with Gasteiger partial charge in [0, 0.05) is 25.7 Å². The molecule has 21 heavy (non-hydrogen) atoms. The third kappa shape index (κ3) is 3.26. The number of amides is 2. The number of piperazine rings is 1. The molecule has 6 heteroatoms. The van der Waals surface area contributed by atoms with Gasteiger partial charge in [0.1, 0.15) is 10.6 Å². The molecule has 1 aromatic rings. The van der Waals surface area contributed by atoms with E-state index in [4.69, 9.17) is 4.74 Å². The van der Waals surface area contributed by atoms with Gasteiger partial charge in [0.05, 0.1) is 6.61 Å². The lowest BCUT2D eigenvalue weighted by molar-refractivity contribution is -0.129. The quantitative estimate of drug-likeness (QED) is 0.800. The van der Waals surface area contributed by atoms with Gasteiger partial charge in [0.25, 0.3) is 5.91 Å². The van der Waals surface area contributed by atoms with E-state index in [2.05, 4.69) is 6.58 Å². The maximum atomic E-state index is 12.6. The van der Waals surface area contributed by atoms with Gasteiger partial charge in [-0.1, -0.05) is 6.58 Å². The SMILES string of the molecule is C=CC(=O)N1CCN(C(=O)c2sccc2OCC)C[C@H]1C. The molecule has 0 radical (unpaired) electrons. The minimum absolute atomic E-state index is 0.0105. The summed E-state index contributed by atoms with van der Waals surface area (Å²) in [6.45, 7) is 9.49. The van der Waals surface area contributed by atoms with Crippen molar-refractivity contribution in [3.63, 3.8) is 0 Å². The fourth-order valence-electron chi connectivity index (χ4n) is 2.45. The van der Waals surface area contributed by atoms with Crippen LogP contribution in [0.2, 0.25) is 0 Å². The molecule has 0 bridgehead atoms. The molecule has 2 heterocycles. The minimum atomic E-state index is -0.0827. The second kappa shape index (κ2) is 6.76. The van der Waals surface area contributed by atoms with Crippen molar-refractivity contribution in [2.24, 2.45) is 0 Å². The highest BCUT2D eigenvalue weighted by atomic mass is 32.1. The average Bonchev–Trinajstić information content (AvgIpc) is 2.94. The van der Waals surface area contributed by atoms with Crippen molar-refractivity contribution in [2.45, 2.75) is 19.9 Å². The molecule has 1 aromatic heterocycles. The number of nitrogens with zero attached hydrogens (tertiary/aromatic N) is 2. The molecule has 2 rings (SSSR count). The summed E-state index contributed by atoms with van der Waals surface area (Å²) in [4.78, 5) is 28.4. The Hall–Kier alpha value is -1.82. The van der Waals surface area contributed by atoms with Crippen LogP contribution in [0.25, 0.3) is 0 Å². The molecular formula is C15H20N2O3S. The third-order valence-corrected chi connectivity index (χ3v) is 4.38. The highest BCUT2D eigenvalue weighted by molar-refractivity contribution is 7.12. The summed E-state index contributed by atoms with van der Waals surface area (Å²) in [6, 6.07) is 1.81. The number of hydrogen-bond acceptors (Lipinski definition) is 4. The molecule has 0 N–H and O–H groups in total. The van der Waals surface area contributed by atoms with Gasteiger partial charge < -0.3 is 14.5 Å². The molecule has 0 aliphatic carbocycles. The number of thiophene rings is 1. The van der Waals surface area contributed by atoms with Gasteiger partial charge in [-0.05, 0) is 31.4 Å². The van der Waals surface area contributed by atoms with Gasteiger partial charge in [0.2, 0.25) is 5.91 Å². The van der Waals surface area contributed by atoms with Crippen LogP contribution < -0.4 is 4.74 Å². The van der Waals surface area contributed by atoms with E-state index in [1.54, 1.807) is 9.80 Å². The van der Waals surface area contributed by atoms with E-state index in [-0.39, 0.29) is 17.9 Å². The molecule has 0 aromatic carbocycles. The second-order valence-corrected chi connectivity index (χ2v) is 5.80. The van der Waals surface area contributed by atoms with E-state index in [0.717, 1.165) is 0 Å². The van der Waals surface area contributed by atoms with Gasteiger partial charge >= 0.3 is 0 Å².